The molecule has 0 saturated carbocycles. The van der Waals surface area contributed by atoms with Gasteiger partial charge in [0.25, 0.3) is 0 Å². The van der Waals surface area contributed by atoms with Gasteiger partial charge in [-0.25, -0.2) is 9.78 Å². The summed E-state index contributed by atoms with van der Waals surface area (Å²) in [6.45, 7) is 0. The molecule has 1 heterocycles. The molecule has 0 unspecified atom stereocenters. The van der Waals surface area contributed by atoms with Gasteiger partial charge in [0.15, 0.2) is 5.75 Å². The number of nitrogens with one attached hydrogen (secondary N) is 3. The number of aromatic nitrogens is 1. The van der Waals surface area contributed by atoms with Gasteiger partial charge < -0.3 is 20.7 Å². The fourth-order valence-electron chi connectivity index (χ4n) is 2.77. The van der Waals surface area contributed by atoms with Crippen LogP contribution in [0.2, 0.25) is 0 Å². The molecule has 4 aromatic rings. The Kier molecular flexibility index (Phi) is 5.86. The molecule has 0 spiro atoms. The molecule has 3 aromatic carbocycles. The zero-order valence-electron chi connectivity index (χ0n) is 16.1. The lowest BCUT2D eigenvalue weighted by atomic mass is 10.2. The predicted molar refractivity (Wildman–Crippen MR) is 120 cm³/mol. The van der Waals surface area contributed by atoms with E-state index in [9.17, 15) is 4.79 Å². The predicted octanol–water partition coefficient (Wildman–Crippen LogP) is 6.26. The third-order valence-electron chi connectivity index (χ3n) is 4.17. The molecule has 0 aliphatic carbocycles. The Bertz CT molecular complexity index is 1100. The highest BCUT2D eigenvalue weighted by molar-refractivity contribution is 5.99. The van der Waals surface area contributed by atoms with Crippen LogP contribution in [-0.4, -0.2) is 11.0 Å². The van der Waals surface area contributed by atoms with Gasteiger partial charge in [0, 0.05) is 5.69 Å². The van der Waals surface area contributed by atoms with Gasteiger partial charge in [-0.1, -0.05) is 48.5 Å². The Morgan fingerprint density at radius 3 is 2.10 bits per heavy atom. The fourth-order valence-corrected chi connectivity index (χ4v) is 2.77. The van der Waals surface area contributed by atoms with Crippen LogP contribution >= 0.6 is 0 Å². The molecule has 4 rings (SSSR count). The summed E-state index contributed by atoms with van der Waals surface area (Å²) in [5.74, 6) is 2.08. The molecular formula is C24H20N4O2. The third-order valence-corrected chi connectivity index (χ3v) is 4.17. The van der Waals surface area contributed by atoms with E-state index in [1.807, 2.05) is 84.9 Å². The zero-order valence-corrected chi connectivity index (χ0v) is 16.1. The Hall–Kier alpha value is -4.32. The highest BCUT2D eigenvalue weighted by Crippen LogP contribution is 2.31. The maximum atomic E-state index is 12.1. The molecule has 6 nitrogen and oxygen atoms in total. The van der Waals surface area contributed by atoms with Crippen LogP contribution in [0.3, 0.4) is 0 Å². The van der Waals surface area contributed by atoms with E-state index in [0.717, 1.165) is 17.1 Å². The number of amides is 2. The highest BCUT2D eigenvalue weighted by atomic mass is 16.5. The highest BCUT2D eigenvalue weighted by Gasteiger charge is 2.07. The van der Waals surface area contributed by atoms with E-state index in [0.29, 0.717) is 17.3 Å². The number of nitrogens with zero attached hydrogens (tertiary/aromatic N) is 1. The van der Waals surface area contributed by atoms with Crippen LogP contribution in [0.5, 0.6) is 11.5 Å². The smallest absolute Gasteiger partial charge is 0.323 e. The van der Waals surface area contributed by atoms with Crippen molar-refractivity contribution >= 4 is 28.9 Å². The van der Waals surface area contributed by atoms with E-state index in [2.05, 4.69) is 20.9 Å². The standard InChI is InChI=1S/C24H20N4O2/c29-24(26-18-9-3-1-4-10-18)27-19-15-16-23(25-17-19)28-21-13-7-8-14-22(21)30-20-11-5-2-6-12-20/h1-17H,(H,25,28)(H2,26,27,29). The largest absolute Gasteiger partial charge is 0.455 e. The number of rotatable bonds is 6. The summed E-state index contributed by atoms with van der Waals surface area (Å²) < 4.78 is 5.96. The van der Waals surface area contributed by atoms with Gasteiger partial charge >= 0.3 is 6.03 Å². The topological polar surface area (TPSA) is 75.3 Å². The lowest BCUT2D eigenvalue weighted by molar-refractivity contribution is 0.262. The second kappa shape index (κ2) is 9.25. The number of carbonyl (C=O) groups excluding carboxylic acids is 1. The van der Waals surface area contributed by atoms with Crippen molar-refractivity contribution < 1.29 is 9.53 Å². The van der Waals surface area contributed by atoms with Crippen molar-refractivity contribution in [1.82, 2.24) is 4.98 Å². The minimum atomic E-state index is -0.328. The van der Waals surface area contributed by atoms with Crippen molar-refractivity contribution in [3.63, 3.8) is 0 Å². The van der Waals surface area contributed by atoms with Crippen LogP contribution in [0, 0.1) is 0 Å². The Labute approximate surface area is 174 Å². The average molecular weight is 396 g/mol. The number of anilines is 4. The summed E-state index contributed by atoms with van der Waals surface area (Å²) in [5.41, 5.74) is 2.09. The van der Waals surface area contributed by atoms with Crippen molar-refractivity contribution in [3.05, 3.63) is 103 Å². The molecular weight excluding hydrogens is 376 g/mol. The van der Waals surface area contributed by atoms with Crippen molar-refractivity contribution in [2.45, 2.75) is 0 Å². The SMILES string of the molecule is O=C(Nc1ccccc1)Nc1ccc(Nc2ccccc2Oc2ccccc2)nc1. The Morgan fingerprint density at radius 1 is 0.700 bits per heavy atom. The van der Waals surface area contributed by atoms with Crippen molar-refractivity contribution in [2.75, 3.05) is 16.0 Å². The number of ether oxygens (including phenoxy) is 1. The number of pyridine rings is 1. The fraction of sp³-hybridized carbons (Fsp3) is 0. The normalized spacial score (nSPS) is 10.1. The number of para-hydroxylation sites is 4. The first-order chi connectivity index (χ1) is 14.8. The molecule has 0 atom stereocenters. The van der Waals surface area contributed by atoms with Crippen LogP contribution in [0.25, 0.3) is 0 Å². The lowest BCUT2D eigenvalue weighted by Gasteiger charge is -2.13. The van der Waals surface area contributed by atoms with Crippen molar-refractivity contribution in [3.8, 4) is 11.5 Å². The van der Waals surface area contributed by atoms with Crippen LogP contribution in [-0.2, 0) is 0 Å². The van der Waals surface area contributed by atoms with E-state index in [1.54, 1.807) is 18.3 Å². The maximum Gasteiger partial charge on any atom is 0.323 e. The molecule has 1 aromatic heterocycles. The Morgan fingerprint density at radius 2 is 1.37 bits per heavy atom. The second-order valence-corrected chi connectivity index (χ2v) is 6.41. The van der Waals surface area contributed by atoms with Gasteiger partial charge in [0.05, 0.1) is 17.6 Å². The molecule has 2 amide bonds. The molecule has 0 aliphatic heterocycles. The van der Waals surface area contributed by atoms with Gasteiger partial charge in [0.1, 0.15) is 11.6 Å². The summed E-state index contributed by atoms with van der Waals surface area (Å²) in [4.78, 5) is 16.5. The monoisotopic (exact) mass is 396 g/mol. The molecule has 0 fully saturated rings. The third kappa shape index (κ3) is 5.14. The lowest BCUT2D eigenvalue weighted by Crippen LogP contribution is -2.19. The van der Waals surface area contributed by atoms with Gasteiger partial charge in [-0.05, 0) is 48.5 Å². The zero-order chi connectivity index (χ0) is 20.6. The van der Waals surface area contributed by atoms with E-state index < -0.39 is 0 Å². The number of carbonyl (C=O) groups is 1. The molecule has 0 saturated heterocycles. The van der Waals surface area contributed by atoms with E-state index >= 15 is 0 Å². The number of urea groups is 1. The Balaban J connectivity index is 1.40. The summed E-state index contributed by atoms with van der Waals surface area (Å²) in [7, 11) is 0. The van der Waals surface area contributed by atoms with Gasteiger partial charge in [-0.15, -0.1) is 0 Å². The summed E-state index contributed by atoms with van der Waals surface area (Å²) in [5, 5.41) is 8.77. The van der Waals surface area contributed by atoms with Crippen LogP contribution in [0.1, 0.15) is 0 Å². The summed E-state index contributed by atoms with van der Waals surface area (Å²) in [6.07, 6.45) is 1.59. The first-order valence-corrected chi connectivity index (χ1v) is 9.44. The quantitative estimate of drug-likeness (QED) is 0.359. The molecule has 6 heteroatoms. The van der Waals surface area contributed by atoms with Gasteiger partial charge in [-0.2, -0.15) is 0 Å². The summed E-state index contributed by atoms with van der Waals surface area (Å²) >= 11 is 0. The van der Waals surface area contributed by atoms with E-state index in [4.69, 9.17) is 4.74 Å². The van der Waals surface area contributed by atoms with Crippen LogP contribution < -0.4 is 20.7 Å². The van der Waals surface area contributed by atoms with Gasteiger partial charge in [0.2, 0.25) is 0 Å². The molecule has 3 N–H and O–H groups in total. The molecule has 148 valence electrons. The second-order valence-electron chi connectivity index (χ2n) is 6.41. The van der Waals surface area contributed by atoms with E-state index in [-0.39, 0.29) is 6.03 Å². The number of benzene rings is 3. The first kappa shape index (κ1) is 19.0. The van der Waals surface area contributed by atoms with E-state index in [1.165, 1.54) is 0 Å². The maximum absolute atomic E-state index is 12.1. The first-order valence-electron chi connectivity index (χ1n) is 9.44. The molecule has 0 radical (unpaired) electrons. The molecule has 30 heavy (non-hydrogen) atoms. The van der Waals surface area contributed by atoms with Crippen LogP contribution in [0.15, 0.2) is 103 Å². The average Bonchev–Trinajstić information content (AvgIpc) is 2.78. The van der Waals surface area contributed by atoms with Crippen molar-refractivity contribution in [1.29, 1.82) is 0 Å². The van der Waals surface area contributed by atoms with Crippen molar-refractivity contribution in [2.24, 2.45) is 0 Å². The number of hydrogen-bond donors (Lipinski definition) is 3. The summed E-state index contributed by atoms with van der Waals surface area (Å²) in [6, 6.07) is 29.7. The number of hydrogen-bond acceptors (Lipinski definition) is 4. The molecule has 0 bridgehead atoms. The minimum Gasteiger partial charge on any atom is -0.455 e. The molecule has 0 aliphatic rings. The minimum absolute atomic E-state index is 0.328. The van der Waals surface area contributed by atoms with Gasteiger partial charge in [-0.3, -0.25) is 0 Å². The van der Waals surface area contributed by atoms with Crippen LogP contribution in [0.4, 0.5) is 27.7 Å².